The van der Waals surface area contributed by atoms with E-state index >= 15 is 0 Å². The van der Waals surface area contributed by atoms with E-state index in [0.29, 0.717) is 30.8 Å². The molecule has 2 aliphatic rings. The second-order valence-corrected chi connectivity index (χ2v) is 5.97. The average molecular weight is 329 g/mol. The minimum atomic E-state index is -0.362. The van der Waals surface area contributed by atoms with E-state index in [1.165, 1.54) is 5.56 Å². The van der Waals surface area contributed by atoms with E-state index in [0.717, 1.165) is 18.7 Å². The van der Waals surface area contributed by atoms with Gasteiger partial charge in [0.15, 0.2) is 0 Å². The third-order valence-electron chi connectivity index (χ3n) is 4.48. The number of ether oxygens (including phenoxy) is 1. The van der Waals surface area contributed by atoms with Crippen molar-refractivity contribution in [1.82, 2.24) is 10.6 Å². The first-order valence-electron chi connectivity index (χ1n) is 8.44. The van der Waals surface area contributed by atoms with E-state index < -0.39 is 0 Å². The number of nitrogens with zero attached hydrogens (tertiary/aromatic N) is 1. The summed E-state index contributed by atoms with van der Waals surface area (Å²) in [7, 11) is 0. The summed E-state index contributed by atoms with van der Waals surface area (Å²) >= 11 is 0. The number of carbonyl (C=O) groups excluding carboxylic acids is 2. The highest BCUT2D eigenvalue weighted by atomic mass is 16.5. The molecule has 0 saturated heterocycles. The molecule has 0 aromatic heterocycles. The fraction of sp³-hybridized carbons (Fsp3) is 0.444. The summed E-state index contributed by atoms with van der Waals surface area (Å²) in [4.78, 5) is 26.6. The molecule has 24 heavy (non-hydrogen) atoms. The summed E-state index contributed by atoms with van der Waals surface area (Å²) in [5.74, 6) is -0.362. The third-order valence-corrected chi connectivity index (χ3v) is 4.48. The number of rotatable bonds is 5. The van der Waals surface area contributed by atoms with Crippen LogP contribution in [0.5, 0.6) is 0 Å². The molecule has 2 amide bonds. The van der Waals surface area contributed by atoms with Gasteiger partial charge in [-0.15, -0.1) is 0 Å². The summed E-state index contributed by atoms with van der Waals surface area (Å²) in [6.07, 6.45) is 1.61. The molecule has 6 nitrogen and oxygen atoms in total. The summed E-state index contributed by atoms with van der Waals surface area (Å²) in [5, 5.41) is 5.62. The molecule has 6 heteroatoms. The fourth-order valence-corrected chi connectivity index (χ4v) is 3.35. The number of anilines is 1. The summed E-state index contributed by atoms with van der Waals surface area (Å²) in [6, 6.07) is 7.65. The zero-order chi connectivity index (χ0) is 17.1. The van der Waals surface area contributed by atoms with E-state index in [1.807, 2.05) is 19.1 Å². The predicted molar refractivity (Wildman–Crippen MR) is 91.8 cm³/mol. The van der Waals surface area contributed by atoms with Crippen molar-refractivity contribution in [3.8, 4) is 0 Å². The van der Waals surface area contributed by atoms with Crippen LogP contribution in [0.2, 0.25) is 0 Å². The number of nitrogens with one attached hydrogen (secondary N) is 2. The van der Waals surface area contributed by atoms with Gasteiger partial charge in [-0.1, -0.05) is 25.1 Å². The molecule has 2 heterocycles. The first-order chi connectivity index (χ1) is 11.6. The Morgan fingerprint density at radius 2 is 2.12 bits per heavy atom. The van der Waals surface area contributed by atoms with Crippen molar-refractivity contribution in [2.24, 2.45) is 0 Å². The third kappa shape index (κ3) is 3.09. The lowest BCUT2D eigenvalue weighted by Gasteiger charge is -2.31. The first kappa shape index (κ1) is 16.4. The van der Waals surface area contributed by atoms with Crippen LogP contribution in [-0.2, 0) is 16.0 Å². The molecule has 2 aliphatic heterocycles. The highest BCUT2D eigenvalue weighted by molar-refractivity contribution is 5.95. The van der Waals surface area contributed by atoms with E-state index in [2.05, 4.69) is 27.7 Å². The highest BCUT2D eigenvalue weighted by Crippen LogP contribution is 2.29. The lowest BCUT2D eigenvalue weighted by Crippen LogP contribution is -2.52. The van der Waals surface area contributed by atoms with Gasteiger partial charge >= 0.3 is 12.0 Å². The molecule has 0 spiro atoms. The SMILES string of the molecule is CCOC(=O)C1=C(CN2CCc3ccccc32)NC(=O)NC1CC. The number of carbonyl (C=O) groups is 2. The van der Waals surface area contributed by atoms with Crippen molar-refractivity contribution in [3.05, 3.63) is 41.1 Å². The standard InChI is InChI=1S/C18H23N3O3/c1-3-13-16(17(22)24-4-2)14(20-18(23)19-13)11-21-10-9-12-7-5-6-8-15(12)21/h5-8,13H,3-4,9-11H2,1-2H3,(H2,19,20,23). The van der Waals surface area contributed by atoms with Crippen LogP contribution in [0.1, 0.15) is 25.8 Å². The number of urea groups is 1. The second kappa shape index (κ2) is 6.95. The van der Waals surface area contributed by atoms with Crippen molar-refractivity contribution in [2.45, 2.75) is 32.7 Å². The molecule has 0 aliphatic carbocycles. The number of amides is 2. The first-order valence-corrected chi connectivity index (χ1v) is 8.44. The second-order valence-electron chi connectivity index (χ2n) is 5.97. The van der Waals surface area contributed by atoms with Crippen molar-refractivity contribution in [3.63, 3.8) is 0 Å². The van der Waals surface area contributed by atoms with Gasteiger partial charge in [-0.05, 0) is 31.4 Å². The van der Waals surface area contributed by atoms with Crippen molar-refractivity contribution < 1.29 is 14.3 Å². The fourth-order valence-electron chi connectivity index (χ4n) is 3.35. The van der Waals surface area contributed by atoms with Gasteiger partial charge in [0.1, 0.15) is 0 Å². The lowest BCUT2D eigenvalue weighted by molar-refractivity contribution is -0.139. The molecule has 0 bridgehead atoms. The van der Waals surface area contributed by atoms with Crippen molar-refractivity contribution in [2.75, 3.05) is 24.6 Å². The predicted octanol–water partition coefficient (Wildman–Crippen LogP) is 1.96. The number of hydrogen-bond donors (Lipinski definition) is 2. The van der Waals surface area contributed by atoms with Crippen LogP contribution in [0.25, 0.3) is 0 Å². The number of esters is 1. The van der Waals surface area contributed by atoms with Crippen LogP contribution in [-0.4, -0.2) is 37.7 Å². The van der Waals surface area contributed by atoms with E-state index in [-0.39, 0.29) is 18.0 Å². The minimum Gasteiger partial charge on any atom is -0.463 e. The number of para-hydroxylation sites is 1. The number of fused-ring (bicyclic) bond motifs is 1. The molecular weight excluding hydrogens is 306 g/mol. The molecule has 3 rings (SSSR count). The smallest absolute Gasteiger partial charge is 0.337 e. The monoisotopic (exact) mass is 329 g/mol. The molecule has 1 aromatic rings. The van der Waals surface area contributed by atoms with E-state index in [4.69, 9.17) is 4.74 Å². The molecule has 0 saturated carbocycles. The van der Waals surface area contributed by atoms with Crippen molar-refractivity contribution >= 4 is 17.7 Å². The van der Waals surface area contributed by atoms with Gasteiger partial charge in [0.25, 0.3) is 0 Å². The number of hydrogen-bond acceptors (Lipinski definition) is 4. The van der Waals surface area contributed by atoms with Gasteiger partial charge in [-0.3, -0.25) is 0 Å². The maximum atomic E-state index is 12.4. The largest absolute Gasteiger partial charge is 0.463 e. The molecule has 0 fully saturated rings. The van der Waals surface area contributed by atoms with Gasteiger partial charge < -0.3 is 20.3 Å². The van der Waals surface area contributed by atoms with Crippen LogP contribution in [0.4, 0.5) is 10.5 Å². The van der Waals surface area contributed by atoms with Gasteiger partial charge in [-0.2, -0.15) is 0 Å². The van der Waals surface area contributed by atoms with Gasteiger partial charge in [0.05, 0.1) is 30.5 Å². The van der Waals surface area contributed by atoms with Gasteiger partial charge in [0.2, 0.25) is 0 Å². The zero-order valence-electron chi connectivity index (χ0n) is 14.1. The van der Waals surface area contributed by atoms with Crippen molar-refractivity contribution in [1.29, 1.82) is 0 Å². The quantitative estimate of drug-likeness (QED) is 0.810. The van der Waals surface area contributed by atoms with Crippen LogP contribution in [0.15, 0.2) is 35.5 Å². The minimum absolute atomic E-state index is 0.266. The molecule has 1 unspecified atom stereocenters. The van der Waals surface area contributed by atoms with Gasteiger partial charge in [-0.25, -0.2) is 9.59 Å². The van der Waals surface area contributed by atoms with Crippen LogP contribution in [0, 0.1) is 0 Å². The van der Waals surface area contributed by atoms with Gasteiger partial charge in [0, 0.05) is 12.2 Å². The lowest BCUT2D eigenvalue weighted by atomic mass is 10.00. The molecule has 2 N–H and O–H groups in total. The Morgan fingerprint density at radius 1 is 1.33 bits per heavy atom. The Bertz CT molecular complexity index is 684. The Morgan fingerprint density at radius 3 is 2.88 bits per heavy atom. The molecule has 1 aromatic carbocycles. The summed E-state index contributed by atoms with van der Waals surface area (Å²) < 4.78 is 5.21. The highest BCUT2D eigenvalue weighted by Gasteiger charge is 2.33. The van der Waals surface area contributed by atoms with Crippen LogP contribution in [0.3, 0.4) is 0 Å². The molecule has 1 atom stereocenters. The normalized spacial score (nSPS) is 19.7. The molecule has 128 valence electrons. The summed E-state index contributed by atoms with van der Waals surface area (Å²) in [6.45, 7) is 5.41. The Balaban J connectivity index is 1.92. The maximum Gasteiger partial charge on any atom is 0.337 e. The zero-order valence-corrected chi connectivity index (χ0v) is 14.1. The van der Waals surface area contributed by atoms with Crippen LogP contribution >= 0.6 is 0 Å². The van der Waals surface area contributed by atoms with Crippen LogP contribution < -0.4 is 15.5 Å². The molecular formula is C18H23N3O3. The Hall–Kier alpha value is -2.50. The Labute approximate surface area is 141 Å². The maximum absolute atomic E-state index is 12.4. The average Bonchev–Trinajstić information content (AvgIpc) is 2.97. The molecule has 0 radical (unpaired) electrons. The van der Waals surface area contributed by atoms with E-state index in [9.17, 15) is 9.59 Å². The summed E-state index contributed by atoms with van der Waals surface area (Å²) in [5.41, 5.74) is 3.63. The topological polar surface area (TPSA) is 70.7 Å². The Kier molecular flexibility index (Phi) is 4.74. The van der Waals surface area contributed by atoms with E-state index in [1.54, 1.807) is 6.92 Å². The number of benzene rings is 1.